The zero-order valence-corrected chi connectivity index (χ0v) is 15.5. The molecule has 0 bridgehead atoms. The number of ether oxygens (including phenoxy) is 1. The molecule has 0 saturated carbocycles. The number of carbonyl (C=O) groups excluding carboxylic acids is 1. The minimum Gasteiger partial charge on any atom is -0.462 e. The Kier molecular flexibility index (Phi) is 5.76. The van der Waals surface area contributed by atoms with Gasteiger partial charge in [0.1, 0.15) is 5.56 Å². The maximum atomic E-state index is 12.1. The zero-order chi connectivity index (χ0) is 18.7. The first-order valence-electron chi connectivity index (χ1n) is 9.47. The second kappa shape index (κ2) is 8.03. The maximum Gasteiger partial charge on any atom is 0.345 e. The third kappa shape index (κ3) is 3.82. The van der Waals surface area contributed by atoms with Gasteiger partial charge in [-0.15, -0.1) is 0 Å². The molecule has 0 spiro atoms. The molecule has 7 heteroatoms. The molecule has 2 aliphatic heterocycles. The van der Waals surface area contributed by atoms with Crippen LogP contribution in [0.4, 0.5) is 11.4 Å². The van der Waals surface area contributed by atoms with Crippen LogP contribution in [0.5, 0.6) is 0 Å². The van der Waals surface area contributed by atoms with E-state index in [4.69, 9.17) is 4.74 Å². The number of nitro benzene ring substituents is 1. The number of rotatable bonds is 5. The fraction of sp³-hybridized carbons (Fsp3) is 0.632. The molecule has 0 aromatic heterocycles. The van der Waals surface area contributed by atoms with Crippen LogP contribution in [0.15, 0.2) is 18.2 Å². The molecule has 0 amide bonds. The molecule has 26 heavy (non-hydrogen) atoms. The summed E-state index contributed by atoms with van der Waals surface area (Å²) in [6.07, 6.45) is 4.73. The van der Waals surface area contributed by atoms with Crippen molar-refractivity contribution in [2.45, 2.75) is 51.6 Å². The smallest absolute Gasteiger partial charge is 0.345 e. The van der Waals surface area contributed by atoms with Crippen molar-refractivity contribution < 1.29 is 14.5 Å². The van der Waals surface area contributed by atoms with E-state index in [0.29, 0.717) is 12.1 Å². The third-order valence-electron chi connectivity index (χ3n) is 5.58. The van der Waals surface area contributed by atoms with Crippen LogP contribution >= 0.6 is 0 Å². The summed E-state index contributed by atoms with van der Waals surface area (Å²) in [5.74, 6) is -0.637. The van der Waals surface area contributed by atoms with Crippen molar-refractivity contribution in [3.63, 3.8) is 0 Å². The van der Waals surface area contributed by atoms with E-state index in [2.05, 4.69) is 16.7 Å². The van der Waals surface area contributed by atoms with E-state index in [1.54, 1.807) is 19.1 Å². The molecule has 1 aromatic carbocycles. The summed E-state index contributed by atoms with van der Waals surface area (Å²) in [7, 11) is 0. The molecule has 0 aliphatic carbocycles. The molecular weight excluding hydrogens is 334 g/mol. The van der Waals surface area contributed by atoms with E-state index in [-0.39, 0.29) is 17.9 Å². The van der Waals surface area contributed by atoms with Gasteiger partial charge in [-0.05, 0) is 58.2 Å². The summed E-state index contributed by atoms with van der Waals surface area (Å²) in [6, 6.07) is 6.04. The van der Waals surface area contributed by atoms with Gasteiger partial charge in [0.2, 0.25) is 0 Å². The molecule has 1 aromatic rings. The second-order valence-electron chi connectivity index (χ2n) is 7.13. The molecule has 2 saturated heterocycles. The Morgan fingerprint density at radius 1 is 1.27 bits per heavy atom. The van der Waals surface area contributed by atoms with Gasteiger partial charge in [0.25, 0.3) is 5.69 Å². The normalized spacial score (nSPS) is 21.8. The number of carbonyl (C=O) groups is 1. The maximum absolute atomic E-state index is 12.1. The van der Waals surface area contributed by atoms with Crippen molar-refractivity contribution in [2.24, 2.45) is 0 Å². The molecule has 0 N–H and O–H groups in total. The fourth-order valence-corrected chi connectivity index (χ4v) is 4.21. The summed E-state index contributed by atoms with van der Waals surface area (Å²) in [5, 5.41) is 11.2. The van der Waals surface area contributed by atoms with Crippen molar-refractivity contribution in [2.75, 3.05) is 31.1 Å². The first-order chi connectivity index (χ1) is 12.5. The van der Waals surface area contributed by atoms with E-state index < -0.39 is 10.9 Å². The Morgan fingerprint density at radius 3 is 2.58 bits per heavy atom. The van der Waals surface area contributed by atoms with Gasteiger partial charge in [0, 0.05) is 36.9 Å². The van der Waals surface area contributed by atoms with Gasteiger partial charge in [-0.3, -0.25) is 15.0 Å². The van der Waals surface area contributed by atoms with Gasteiger partial charge in [-0.2, -0.15) is 0 Å². The van der Waals surface area contributed by atoms with Crippen molar-refractivity contribution in [1.82, 2.24) is 4.90 Å². The lowest BCUT2D eigenvalue weighted by Crippen LogP contribution is -2.46. The Balaban J connectivity index is 1.72. The second-order valence-corrected chi connectivity index (χ2v) is 7.13. The predicted molar refractivity (Wildman–Crippen MR) is 99.7 cm³/mol. The van der Waals surface area contributed by atoms with Crippen LogP contribution in [0.25, 0.3) is 0 Å². The lowest BCUT2D eigenvalue weighted by molar-refractivity contribution is -0.385. The number of nitro groups is 1. The molecule has 7 nitrogen and oxygen atoms in total. The number of likely N-dealkylation sites (tertiary alicyclic amines) is 1. The summed E-state index contributed by atoms with van der Waals surface area (Å²) >= 11 is 0. The average molecular weight is 361 g/mol. The number of piperidine rings is 1. The molecule has 3 rings (SSSR count). The quantitative estimate of drug-likeness (QED) is 0.455. The SMILES string of the molecule is CCOC(=O)c1cc(N2CCC(N3CCCC3C)CC2)ccc1[N+](=O)[O-]. The van der Waals surface area contributed by atoms with Gasteiger partial charge in [-0.25, -0.2) is 4.79 Å². The highest BCUT2D eigenvalue weighted by molar-refractivity contribution is 5.95. The molecular formula is C19H27N3O4. The highest BCUT2D eigenvalue weighted by Gasteiger charge is 2.31. The number of hydrogen-bond donors (Lipinski definition) is 0. The highest BCUT2D eigenvalue weighted by atomic mass is 16.6. The Hall–Kier alpha value is -2.15. The average Bonchev–Trinajstić information content (AvgIpc) is 3.07. The van der Waals surface area contributed by atoms with Crippen LogP contribution < -0.4 is 4.90 Å². The van der Waals surface area contributed by atoms with E-state index in [1.807, 2.05) is 0 Å². The number of benzene rings is 1. The highest BCUT2D eigenvalue weighted by Crippen LogP contribution is 2.30. The van der Waals surface area contributed by atoms with Gasteiger partial charge < -0.3 is 9.64 Å². The van der Waals surface area contributed by atoms with Crippen molar-refractivity contribution in [3.8, 4) is 0 Å². The summed E-state index contributed by atoms with van der Waals surface area (Å²) in [4.78, 5) is 27.6. The van der Waals surface area contributed by atoms with Crippen LogP contribution in [0.2, 0.25) is 0 Å². The van der Waals surface area contributed by atoms with E-state index in [0.717, 1.165) is 31.6 Å². The Bertz CT molecular complexity index is 671. The van der Waals surface area contributed by atoms with Crippen molar-refractivity contribution >= 4 is 17.3 Å². The number of hydrogen-bond acceptors (Lipinski definition) is 6. The first kappa shape index (κ1) is 18.6. The number of nitrogens with zero attached hydrogens (tertiary/aromatic N) is 3. The molecule has 1 atom stereocenters. The van der Waals surface area contributed by atoms with Crippen molar-refractivity contribution in [1.29, 1.82) is 0 Å². The van der Waals surface area contributed by atoms with Gasteiger partial charge in [0.15, 0.2) is 0 Å². The van der Waals surface area contributed by atoms with E-state index >= 15 is 0 Å². The Morgan fingerprint density at radius 2 is 2.00 bits per heavy atom. The van der Waals surface area contributed by atoms with Crippen LogP contribution in [0.1, 0.15) is 49.9 Å². The first-order valence-corrected chi connectivity index (χ1v) is 9.47. The lowest BCUT2D eigenvalue weighted by Gasteiger charge is -2.39. The number of anilines is 1. The third-order valence-corrected chi connectivity index (χ3v) is 5.58. The van der Waals surface area contributed by atoms with Gasteiger partial charge in [-0.1, -0.05) is 0 Å². The minimum atomic E-state index is -0.637. The summed E-state index contributed by atoms with van der Waals surface area (Å²) < 4.78 is 4.99. The summed E-state index contributed by atoms with van der Waals surface area (Å²) in [5.41, 5.74) is 0.684. The molecule has 2 heterocycles. The largest absolute Gasteiger partial charge is 0.462 e. The van der Waals surface area contributed by atoms with Crippen LogP contribution in [-0.4, -0.2) is 54.1 Å². The Labute approximate surface area is 154 Å². The van der Waals surface area contributed by atoms with Crippen LogP contribution in [-0.2, 0) is 4.74 Å². The number of esters is 1. The minimum absolute atomic E-state index is 0.0321. The molecule has 1 unspecified atom stereocenters. The van der Waals surface area contributed by atoms with E-state index in [9.17, 15) is 14.9 Å². The predicted octanol–water partition coefficient (Wildman–Crippen LogP) is 3.22. The topological polar surface area (TPSA) is 75.9 Å². The van der Waals surface area contributed by atoms with E-state index in [1.165, 1.54) is 25.5 Å². The monoisotopic (exact) mass is 361 g/mol. The van der Waals surface area contributed by atoms with Crippen LogP contribution in [0.3, 0.4) is 0 Å². The molecule has 142 valence electrons. The fourth-order valence-electron chi connectivity index (χ4n) is 4.21. The standard InChI is InChI=1S/C19H27N3O4/c1-3-26-19(23)17-13-16(6-7-18(17)22(24)25)20-11-8-15(9-12-20)21-10-4-5-14(21)2/h6-7,13-15H,3-5,8-12H2,1-2H3. The summed E-state index contributed by atoms with van der Waals surface area (Å²) in [6.45, 7) is 7.18. The van der Waals surface area contributed by atoms with Crippen molar-refractivity contribution in [3.05, 3.63) is 33.9 Å². The zero-order valence-electron chi connectivity index (χ0n) is 15.5. The molecule has 2 aliphatic rings. The molecule has 2 fully saturated rings. The van der Waals surface area contributed by atoms with Gasteiger partial charge in [0.05, 0.1) is 11.5 Å². The van der Waals surface area contributed by atoms with Crippen LogP contribution in [0, 0.1) is 10.1 Å². The lowest BCUT2D eigenvalue weighted by atomic mass is 10.0. The molecule has 0 radical (unpaired) electrons. The van der Waals surface area contributed by atoms with Gasteiger partial charge >= 0.3 is 5.97 Å².